The van der Waals surface area contributed by atoms with E-state index in [1.165, 1.54) is 17.7 Å². The molecule has 1 aliphatic heterocycles. The molecular formula is C24H21FN6O. The van der Waals surface area contributed by atoms with Crippen molar-refractivity contribution in [2.45, 2.75) is 18.8 Å². The smallest absolute Gasteiger partial charge is 0.155 e. The second kappa shape index (κ2) is 7.42. The van der Waals surface area contributed by atoms with Crippen LogP contribution in [0.15, 0.2) is 48.8 Å². The number of H-pyrrole nitrogens is 2. The molecule has 1 aliphatic rings. The Bertz CT molecular complexity index is 1430. The Kier molecular flexibility index (Phi) is 4.39. The molecule has 4 N–H and O–H groups in total. The van der Waals surface area contributed by atoms with Crippen molar-refractivity contribution in [3.05, 3.63) is 60.2 Å². The van der Waals surface area contributed by atoms with Crippen molar-refractivity contribution in [3.8, 4) is 28.4 Å². The van der Waals surface area contributed by atoms with E-state index in [0.717, 1.165) is 65.3 Å². The van der Waals surface area contributed by atoms with Crippen molar-refractivity contribution in [3.63, 3.8) is 0 Å². The van der Waals surface area contributed by atoms with E-state index in [-0.39, 0.29) is 5.75 Å². The highest BCUT2D eigenvalue weighted by Gasteiger charge is 2.19. The molecule has 7 nitrogen and oxygen atoms in total. The summed E-state index contributed by atoms with van der Waals surface area (Å²) in [5, 5.41) is 22.6. The summed E-state index contributed by atoms with van der Waals surface area (Å²) in [6.45, 7) is 2.04. The Hall–Kier alpha value is -3.78. The first-order chi connectivity index (χ1) is 15.7. The number of benzene rings is 1. The Morgan fingerprint density at radius 2 is 1.84 bits per heavy atom. The molecule has 0 spiro atoms. The van der Waals surface area contributed by atoms with E-state index in [1.807, 2.05) is 18.3 Å². The molecule has 1 saturated heterocycles. The molecule has 32 heavy (non-hydrogen) atoms. The van der Waals surface area contributed by atoms with E-state index in [4.69, 9.17) is 0 Å². The van der Waals surface area contributed by atoms with E-state index in [2.05, 4.69) is 36.5 Å². The lowest BCUT2D eigenvalue weighted by Gasteiger charge is -2.22. The van der Waals surface area contributed by atoms with Gasteiger partial charge in [0.15, 0.2) is 5.65 Å². The van der Waals surface area contributed by atoms with E-state index < -0.39 is 5.82 Å². The minimum Gasteiger partial charge on any atom is -0.508 e. The van der Waals surface area contributed by atoms with Crippen LogP contribution in [0.1, 0.15) is 24.3 Å². The van der Waals surface area contributed by atoms with Gasteiger partial charge >= 0.3 is 0 Å². The number of fused-ring (bicyclic) bond motifs is 2. The van der Waals surface area contributed by atoms with Crippen LogP contribution in [0.2, 0.25) is 0 Å². The second-order valence-electron chi connectivity index (χ2n) is 8.26. The highest BCUT2D eigenvalue weighted by atomic mass is 19.1. The molecule has 0 bridgehead atoms. The standard InChI is InChI=1S/C24H21FN6O/c25-16-7-14(8-17(32)10-16)22-18-11-21(29-20(18)3-6-27-22)23-19-9-15(12-28-24(19)31-30-23)13-1-4-26-5-2-13/h3,6-13,26,29,32H,1-2,4-5H2,(H,28,30,31). The number of halogens is 1. The van der Waals surface area contributed by atoms with Crippen LogP contribution >= 0.6 is 0 Å². The summed E-state index contributed by atoms with van der Waals surface area (Å²) in [4.78, 5) is 12.5. The summed E-state index contributed by atoms with van der Waals surface area (Å²) in [6.07, 6.45) is 5.81. The highest BCUT2D eigenvalue weighted by molar-refractivity contribution is 5.99. The van der Waals surface area contributed by atoms with Crippen molar-refractivity contribution in [2.75, 3.05) is 13.1 Å². The summed E-state index contributed by atoms with van der Waals surface area (Å²) in [5.74, 6) is -0.149. The number of phenols is 1. The van der Waals surface area contributed by atoms with Gasteiger partial charge in [-0.2, -0.15) is 5.10 Å². The monoisotopic (exact) mass is 428 g/mol. The van der Waals surface area contributed by atoms with Crippen LogP contribution in [0.5, 0.6) is 5.75 Å². The van der Waals surface area contributed by atoms with Crippen molar-refractivity contribution in [1.82, 2.24) is 30.5 Å². The summed E-state index contributed by atoms with van der Waals surface area (Å²) in [6, 6.07) is 9.98. The average molecular weight is 428 g/mol. The summed E-state index contributed by atoms with van der Waals surface area (Å²) in [7, 11) is 0. The van der Waals surface area contributed by atoms with Crippen molar-refractivity contribution >= 4 is 21.9 Å². The third-order valence-corrected chi connectivity index (χ3v) is 6.21. The number of phenolic OH excluding ortho intramolecular Hbond substituents is 1. The molecule has 0 amide bonds. The number of nitrogens with one attached hydrogen (secondary N) is 3. The topological polar surface area (TPSA) is 103 Å². The SMILES string of the molecule is Oc1cc(F)cc(-c2nccc3[nH]c(-c4n[nH]c5ncc(C6CCNCC6)cc45)cc23)c1. The number of hydrogen-bond donors (Lipinski definition) is 4. The van der Waals surface area contributed by atoms with E-state index in [1.54, 1.807) is 6.20 Å². The van der Waals surface area contributed by atoms with Gasteiger partial charge in [0.2, 0.25) is 0 Å². The van der Waals surface area contributed by atoms with Gasteiger partial charge in [0.05, 0.1) is 11.4 Å². The number of piperidine rings is 1. The molecule has 0 aliphatic carbocycles. The number of aromatic amines is 2. The minimum atomic E-state index is -0.510. The molecule has 0 saturated carbocycles. The predicted molar refractivity (Wildman–Crippen MR) is 121 cm³/mol. The van der Waals surface area contributed by atoms with Gasteiger partial charge in [0, 0.05) is 40.3 Å². The third kappa shape index (κ3) is 3.20. The van der Waals surface area contributed by atoms with E-state index >= 15 is 0 Å². The Morgan fingerprint density at radius 1 is 0.969 bits per heavy atom. The van der Waals surface area contributed by atoms with Crippen LogP contribution < -0.4 is 5.32 Å². The third-order valence-electron chi connectivity index (χ3n) is 6.21. The normalized spacial score (nSPS) is 15.0. The molecule has 6 rings (SSSR count). The summed E-state index contributed by atoms with van der Waals surface area (Å²) < 4.78 is 13.9. The van der Waals surface area contributed by atoms with Crippen molar-refractivity contribution in [1.29, 1.82) is 0 Å². The molecular weight excluding hydrogens is 407 g/mol. The first-order valence-corrected chi connectivity index (χ1v) is 10.7. The molecule has 4 aromatic heterocycles. The first-order valence-electron chi connectivity index (χ1n) is 10.7. The van der Waals surface area contributed by atoms with Crippen molar-refractivity contribution in [2.24, 2.45) is 0 Å². The lowest BCUT2D eigenvalue weighted by atomic mass is 9.91. The van der Waals surface area contributed by atoms with Gasteiger partial charge in [-0.25, -0.2) is 9.37 Å². The van der Waals surface area contributed by atoms with Gasteiger partial charge in [0.1, 0.15) is 17.3 Å². The second-order valence-corrected chi connectivity index (χ2v) is 8.26. The zero-order chi connectivity index (χ0) is 21.7. The van der Waals surface area contributed by atoms with E-state index in [9.17, 15) is 9.50 Å². The fourth-order valence-corrected chi connectivity index (χ4v) is 4.63. The number of nitrogens with zero attached hydrogens (tertiary/aromatic N) is 3. The van der Waals surface area contributed by atoms with Gasteiger partial charge in [0.25, 0.3) is 0 Å². The highest BCUT2D eigenvalue weighted by Crippen LogP contribution is 2.35. The van der Waals surface area contributed by atoms with Crippen LogP contribution in [-0.2, 0) is 0 Å². The maximum Gasteiger partial charge on any atom is 0.155 e. The molecule has 5 heterocycles. The van der Waals surface area contributed by atoms with Gasteiger partial charge < -0.3 is 15.4 Å². The number of aromatic nitrogens is 5. The number of rotatable bonds is 3. The Labute approximate surface area is 182 Å². The first kappa shape index (κ1) is 18.9. The maximum absolute atomic E-state index is 13.9. The van der Waals surface area contributed by atoms with Crippen LogP contribution in [-0.4, -0.2) is 43.3 Å². The molecule has 0 unspecified atom stereocenters. The number of hydrogen-bond acceptors (Lipinski definition) is 5. The molecule has 5 aromatic rings. The molecule has 160 valence electrons. The van der Waals surface area contributed by atoms with Crippen LogP contribution in [0.4, 0.5) is 4.39 Å². The summed E-state index contributed by atoms with van der Waals surface area (Å²) in [5.41, 5.74) is 5.54. The number of pyridine rings is 2. The predicted octanol–water partition coefficient (Wildman–Crippen LogP) is 4.48. The fourth-order valence-electron chi connectivity index (χ4n) is 4.63. The van der Waals surface area contributed by atoms with Gasteiger partial charge in [-0.05, 0) is 67.7 Å². The summed E-state index contributed by atoms with van der Waals surface area (Å²) >= 11 is 0. The minimum absolute atomic E-state index is 0.135. The lowest BCUT2D eigenvalue weighted by molar-refractivity contribution is 0.460. The van der Waals surface area contributed by atoms with E-state index in [0.29, 0.717) is 17.2 Å². The number of aromatic hydroxyl groups is 1. The molecule has 1 aromatic carbocycles. The lowest BCUT2D eigenvalue weighted by Crippen LogP contribution is -2.26. The van der Waals surface area contributed by atoms with Crippen LogP contribution in [0.3, 0.4) is 0 Å². The zero-order valence-corrected chi connectivity index (χ0v) is 17.2. The van der Waals surface area contributed by atoms with Gasteiger partial charge in [-0.1, -0.05) is 0 Å². The molecule has 1 fully saturated rings. The largest absolute Gasteiger partial charge is 0.508 e. The fraction of sp³-hybridized carbons (Fsp3) is 0.208. The zero-order valence-electron chi connectivity index (χ0n) is 17.2. The molecule has 0 radical (unpaired) electrons. The van der Waals surface area contributed by atoms with Crippen LogP contribution in [0, 0.1) is 5.82 Å². The molecule has 0 atom stereocenters. The van der Waals surface area contributed by atoms with Gasteiger partial charge in [-0.15, -0.1) is 0 Å². The Balaban J connectivity index is 1.47. The quantitative estimate of drug-likeness (QED) is 0.339. The maximum atomic E-state index is 13.9. The molecule has 8 heteroatoms. The average Bonchev–Trinajstić information content (AvgIpc) is 3.42. The van der Waals surface area contributed by atoms with Gasteiger partial charge in [-0.3, -0.25) is 10.1 Å². The van der Waals surface area contributed by atoms with Crippen LogP contribution in [0.25, 0.3) is 44.6 Å². The van der Waals surface area contributed by atoms with Crippen molar-refractivity contribution < 1.29 is 9.50 Å². The Morgan fingerprint density at radius 3 is 2.69 bits per heavy atom.